The normalized spacial score (nSPS) is 15.0. The largest absolute Gasteiger partial charge is 0.754 e. The number of fused-ring (bicyclic) bond motifs is 1. The van der Waals surface area contributed by atoms with Crippen molar-refractivity contribution in [3.05, 3.63) is 53.9 Å². The fourth-order valence-corrected chi connectivity index (χ4v) is 4.29. The SMILES string of the molecule is COc1cccc2c1nc(C(F)F)n2-c1nc(-c2ccc(CC=NS(=O)[O-])cc2)nc(N2CCOCC2)n1. The summed E-state index contributed by atoms with van der Waals surface area (Å²) >= 11 is -2.50. The Morgan fingerprint density at radius 3 is 2.53 bits per heavy atom. The maximum Gasteiger partial charge on any atom is 0.296 e. The number of methoxy groups -OCH3 is 1. The lowest BCUT2D eigenvalue weighted by molar-refractivity contribution is 0.122. The molecular formula is C24H22F2N7O4S-. The van der Waals surface area contributed by atoms with Gasteiger partial charge in [-0.2, -0.15) is 15.0 Å². The molecule has 38 heavy (non-hydrogen) atoms. The molecule has 0 radical (unpaired) electrons. The van der Waals surface area contributed by atoms with E-state index in [0.717, 1.165) is 5.56 Å². The van der Waals surface area contributed by atoms with Crippen LogP contribution in [0.15, 0.2) is 46.9 Å². The highest BCUT2D eigenvalue weighted by Gasteiger charge is 2.26. The van der Waals surface area contributed by atoms with Gasteiger partial charge in [-0.3, -0.25) is 8.78 Å². The van der Waals surface area contributed by atoms with Crippen LogP contribution in [0.3, 0.4) is 0 Å². The fourth-order valence-electron chi connectivity index (χ4n) is 4.09. The molecule has 0 spiro atoms. The molecule has 0 amide bonds. The molecule has 0 bridgehead atoms. The first-order valence-corrected chi connectivity index (χ1v) is 12.6. The number of alkyl halides is 2. The number of anilines is 1. The minimum Gasteiger partial charge on any atom is -0.754 e. The zero-order valence-corrected chi connectivity index (χ0v) is 21.0. The van der Waals surface area contributed by atoms with Crippen molar-refractivity contribution in [1.29, 1.82) is 0 Å². The van der Waals surface area contributed by atoms with Crippen LogP contribution in [0.4, 0.5) is 14.7 Å². The van der Waals surface area contributed by atoms with E-state index in [1.807, 2.05) is 4.90 Å². The minimum atomic E-state index is -2.90. The summed E-state index contributed by atoms with van der Waals surface area (Å²) in [6.45, 7) is 2.02. The number of ether oxygens (including phenoxy) is 2. The van der Waals surface area contributed by atoms with Crippen molar-refractivity contribution in [1.82, 2.24) is 24.5 Å². The monoisotopic (exact) mass is 542 g/mol. The van der Waals surface area contributed by atoms with Gasteiger partial charge in [-0.05, 0) is 17.7 Å². The van der Waals surface area contributed by atoms with E-state index >= 15 is 0 Å². The van der Waals surface area contributed by atoms with E-state index in [2.05, 4.69) is 24.3 Å². The summed E-state index contributed by atoms with van der Waals surface area (Å²) in [5.41, 5.74) is 2.08. The Balaban J connectivity index is 1.63. The first-order chi connectivity index (χ1) is 18.4. The van der Waals surface area contributed by atoms with Gasteiger partial charge in [-0.25, -0.2) is 18.2 Å². The Hall–Kier alpha value is -3.88. The summed E-state index contributed by atoms with van der Waals surface area (Å²) in [5, 5.41) is 0. The summed E-state index contributed by atoms with van der Waals surface area (Å²) in [7, 11) is 1.45. The number of rotatable bonds is 8. The van der Waals surface area contributed by atoms with Gasteiger partial charge in [0, 0.05) is 31.3 Å². The second kappa shape index (κ2) is 11.2. The van der Waals surface area contributed by atoms with E-state index in [9.17, 15) is 17.5 Å². The molecule has 2 aromatic heterocycles. The summed E-state index contributed by atoms with van der Waals surface area (Å²) in [6, 6.07) is 12.1. The van der Waals surface area contributed by atoms with Crippen molar-refractivity contribution in [2.45, 2.75) is 12.8 Å². The predicted octanol–water partition coefficient (Wildman–Crippen LogP) is 3.07. The standard InChI is InChI=1S/C24H23F2N7O4S/c1-36-18-4-2-3-17-19(18)28-22(20(25)26)33(17)24-30-21(29-23(31-24)32-11-13-37-14-12-32)16-7-5-15(6-8-16)9-10-27-38(34)35/h2-8,10,20H,9,11-14H2,1H3,(H,34,35)/p-1. The van der Waals surface area contributed by atoms with E-state index in [0.29, 0.717) is 55.5 Å². The van der Waals surface area contributed by atoms with Crippen molar-refractivity contribution < 1.29 is 27.0 Å². The molecule has 1 fully saturated rings. The number of halogens is 2. The molecule has 1 aliphatic heterocycles. The predicted molar refractivity (Wildman–Crippen MR) is 136 cm³/mol. The molecule has 0 N–H and O–H groups in total. The Morgan fingerprint density at radius 2 is 1.84 bits per heavy atom. The number of nitrogens with zero attached hydrogens (tertiary/aromatic N) is 7. The molecule has 2 aromatic carbocycles. The molecular weight excluding hydrogens is 520 g/mol. The van der Waals surface area contributed by atoms with Crippen LogP contribution in [0.1, 0.15) is 17.8 Å². The van der Waals surface area contributed by atoms with Crippen LogP contribution in [0.5, 0.6) is 5.75 Å². The third-order valence-electron chi connectivity index (χ3n) is 5.89. The summed E-state index contributed by atoms with van der Waals surface area (Å²) in [5.74, 6) is 0.442. The molecule has 0 saturated carbocycles. The van der Waals surface area contributed by atoms with Crippen molar-refractivity contribution in [3.8, 4) is 23.1 Å². The van der Waals surface area contributed by atoms with Gasteiger partial charge in [-0.1, -0.05) is 30.3 Å². The third-order valence-corrected chi connectivity index (χ3v) is 6.22. The van der Waals surface area contributed by atoms with E-state index < -0.39 is 23.5 Å². The van der Waals surface area contributed by atoms with Crippen molar-refractivity contribution in [3.63, 3.8) is 0 Å². The molecule has 3 heterocycles. The molecule has 4 aromatic rings. The zero-order valence-electron chi connectivity index (χ0n) is 20.2. The molecule has 1 unspecified atom stereocenters. The average Bonchev–Trinajstić information content (AvgIpc) is 3.34. The lowest BCUT2D eigenvalue weighted by Crippen LogP contribution is -2.37. The second-order valence-corrected chi connectivity index (χ2v) is 8.84. The van der Waals surface area contributed by atoms with Gasteiger partial charge in [0.05, 0.1) is 37.1 Å². The summed E-state index contributed by atoms with van der Waals surface area (Å²) in [6.07, 6.45) is -1.29. The summed E-state index contributed by atoms with van der Waals surface area (Å²) in [4.78, 5) is 19.8. The molecule has 5 rings (SSSR count). The summed E-state index contributed by atoms with van der Waals surface area (Å²) < 4.78 is 64.9. The first kappa shape index (κ1) is 25.8. The molecule has 14 heteroatoms. The molecule has 1 atom stereocenters. The first-order valence-electron chi connectivity index (χ1n) is 11.6. The van der Waals surface area contributed by atoms with Crippen LogP contribution >= 0.6 is 0 Å². The fraction of sp³-hybridized carbons (Fsp3) is 0.292. The Kier molecular flexibility index (Phi) is 7.62. The van der Waals surface area contributed by atoms with Crippen molar-refractivity contribution >= 4 is 34.5 Å². The average molecular weight is 543 g/mol. The van der Waals surface area contributed by atoms with Crippen LogP contribution < -0.4 is 9.64 Å². The van der Waals surface area contributed by atoms with Crippen LogP contribution in [0.25, 0.3) is 28.4 Å². The van der Waals surface area contributed by atoms with E-state index in [1.54, 1.807) is 42.5 Å². The number of para-hydroxylation sites is 1. The second-order valence-electron chi connectivity index (χ2n) is 8.20. The minimum absolute atomic E-state index is 0.00307. The van der Waals surface area contributed by atoms with E-state index in [1.165, 1.54) is 17.9 Å². The van der Waals surface area contributed by atoms with E-state index in [4.69, 9.17) is 9.47 Å². The van der Waals surface area contributed by atoms with Crippen LogP contribution in [0, 0.1) is 0 Å². The number of morpholine rings is 1. The van der Waals surface area contributed by atoms with Crippen molar-refractivity contribution in [2.75, 3.05) is 38.3 Å². The third kappa shape index (κ3) is 5.37. The van der Waals surface area contributed by atoms with Crippen LogP contribution in [-0.2, 0) is 22.4 Å². The smallest absolute Gasteiger partial charge is 0.296 e. The molecule has 11 nitrogen and oxygen atoms in total. The number of benzene rings is 2. The van der Waals surface area contributed by atoms with Gasteiger partial charge >= 0.3 is 0 Å². The number of aromatic nitrogens is 5. The van der Waals surface area contributed by atoms with E-state index in [-0.39, 0.29) is 17.3 Å². The molecule has 0 aliphatic carbocycles. The highest BCUT2D eigenvalue weighted by atomic mass is 32.2. The lowest BCUT2D eigenvalue weighted by Gasteiger charge is -2.27. The maximum absolute atomic E-state index is 14.2. The van der Waals surface area contributed by atoms with Gasteiger partial charge in [0.1, 0.15) is 11.3 Å². The lowest BCUT2D eigenvalue weighted by atomic mass is 10.1. The quantitative estimate of drug-likeness (QED) is 0.243. The zero-order chi connectivity index (χ0) is 26.6. The Bertz CT molecular complexity index is 1490. The maximum atomic E-state index is 14.2. The van der Waals surface area contributed by atoms with Crippen LogP contribution in [-0.4, -0.2) is 72.9 Å². The van der Waals surface area contributed by atoms with Crippen molar-refractivity contribution in [2.24, 2.45) is 4.40 Å². The number of hydrogen-bond acceptors (Lipinski definition) is 9. The topological polar surface area (TPSA) is 131 Å². The number of hydrogen-bond donors (Lipinski definition) is 0. The highest BCUT2D eigenvalue weighted by molar-refractivity contribution is 7.77. The van der Waals surface area contributed by atoms with Gasteiger partial charge in [0.2, 0.25) is 11.9 Å². The Labute approximate surface area is 218 Å². The van der Waals surface area contributed by atoms with Crippen LogP contribution in [0.2, 0.25) is 0 Å². The highest BCUT2D eigenvalue weighted by Crippen LogP contribution is 2.32. The Morgan fingerprint density at radius 1 is 1.11 bits per heavy atom. The molecule has 1 aliphatic rings. The van der Waals surface area contributed by atoms with Gasteiger partial charge in [-0.15, -0.1) is 0 Å². The van der Waals surface area contributed by atoms with Gasteiger partial charge in [0.25, 0.3) is 6.43 Å². The van der Waals surface area contributed by atoms with Gasteiger partial charge < -0.3 is 18.9 Å². The van der Waals surface area contributed by atoms with Gasteiger partial charge in [0.15, 0.2) is 11.6 Å². The molecule has 1 saturated heterocycles. The molecule has 198 valence electrons. The number of imidazole rings is 1.